The van der Waals surface area contributed by atoms with Gasteiger partial charge in [0, 0.05) is 17.7 Å². The van der Waals surface area contributed by atoms with Crippen LogP contribution in [0.15, 0.2) is 54.9 Å². The van der Waals surface area contributed by atoms with Crippen molar-refractivity contribution in [1.82, 2.24) is 9.55 Å². The average Bonchev–Trinajstić information content (AvgIpc) is 3.42. The number of nitrogens with zero attached hydrogens (tertiary/aromatic N) is 2. The van der Waals surface area contributed by atoms with Crippen molar-refractivity contribution < 1.29 is 35.3 Å². The molecule has 0 spiro atoms. The van der Waals surface area contributed by atoms with Crippen LogP contribution in [0.2, 0.25) is 0 Å². The average molecular weight is 540 g/mol. The normalized spacial score (nSPS) is 13.0. The number of primary amides is 1. The van der Waals surface area contributed by atoms with Gasteiger partial charge >= 0.3 is 16.3 Å². The molecule has 2 aromatic carbocycles. The lowest BCUT2D eigenvalue weighted by Crippen LogP contribution is -2.15. The number of rotatable bonds is 8. The van der Waals surface area contributed by atoms with Gasteiger partial charge in [0.1, 0.15) is 33.8 Å². The highest BCUT2D eigenvalue weighted by molar-refractivity contribution is 7.87. The van der Waals surface area contributed by atoms with Gasteiger partial charge in [-0.1, -0.05) is 18.2 Å². The number of halogens is 3. The molecule has 1 amide bonds. The summed E-state index contributed by atoms with van der Waals surface area (Å²) < 4.78 is 76.5. The number of aromatic nitrogens is 2. The quantitative estimate of drug-likeness (QED) is 0.313. The maximum Gasteiger partial charge on any atom is 0.416 e. The zero-order valence-corrected chi connectivity index (χ0v) is 20.6. The number of carbonyl (C=O) groups excluding carboxylic acids is 1. The molecule has 0 unspecified atom stereocenters. The third kappa shape index (κ3) is 5.16. The fourth-order valence-corrected chi connectivity index (χ4v) is 4.97. The molecule has 190 valence electrons. The molecule has 0 aliphatic carbocycles. The molecular weight excluding hydrogens is 519 g/mol. The molecule has 0 bridgehead atoms. The standard InChI is InChI=1S/C23H20F3N3O5S2/c1-3-36(31,32)34-14-8-9-17-18(10-14)29(12-28-17)20-11-19(21(35-20)22(27)30)33-13(2)15-6-4-5-7-16(15)23(24,25)26/h4-13H,3H2,1-2H3,(H2,27,30)/t13-/m1/s1. The molecule has 4 rings (SSSR count). The van der Waals surface area contributed by atoms with Crippen LogP contribution in [0, 0.1) is 0 Å². The van der Waals surface area contributed by atoms with Crippen LogP contribution in [0.1, 0.15) is 40.8 Å². The summed E-state index contributed by atoms with van der Waals surface area (Å²) in [5.74, 6) is -0.949. The van der Waals surface area contributed by atoms with Crippen LogP contribution in [-0.4, -0.2) is 29.6 Å². The number of carbonyl (C=O) groups is 1. The molecule has 0 fully saturated rings. The molecule has 2 heterocycles. The molecule has 0 saturated heterocycles. The third-order valence-corrected chi connectivity index (χ3v) is 7.53. The minimum atomic E-state index is -4.58. The summed E-state index contributed by atoms with van der Waals surface area (Å²) >= 11 is 0.953. The highest BCUT2D eigenvalue weighted by Crippen LogP contribution is 2.39. The number of fused-ring (bicyclic) bond motifs is 1. The van der Waals surface area contributed by atoms with Gasteiger partial charge in [-0.25, -0.2) is 4.98 Å². The second kappa shape index (κ2) is 9.47. The van der Waals surface area contributed by atoms with Gasteiger partial charge in [0.05, 0.1) is 22.3 Å². The summed E-state index contributed by atoms with van der Waals surface area (Å²) in [7, 11) is -3.76. The Hall–Kier alpha value is -3.58. The first-order valence-corrected chi connectivity index (χ1v) is 12.9. The zero-order chi connectivity index (χ0) is 26.3. The van der Waals surface area contributed by atoms with Crippen LogP contribution in [0.3, 0.4) is 0 Å². The monoisotopic (exact) mass is 539 g/mol. The Bertz CT molecular complexity index is 1540. The van der Waals surface area contributed by atoms with Crippen molar-refractivity contribution in [3.05, 3.63) is 70.9 Å². The predicted molar refractivity (Wildman–Crippen MR) is 128 cm³/mol. The van der Waals surface area contributed by atoms with E-state index < -0.39 is 33.9 Å². The Morgan fingerprint density at radius 1 is 1.19 bits per heavy atom. The van der Waals surface area contributed by atoms with Gasteiger partial charge < -0.3 is 14.7 Å². The van der Waals surface area contributed by atoms with Crippen LogP contribution >= 0.6 is 11.3 Å². The SMILES string of the molecule is CCS(=O)(=O)Oc1ccc2ncn(-c3cc(O[C@H](C)c4ccccc4C(F)(F)F)c(C(N)=O)s3)c2c1. The molecule has 0 aliphatic heterocycles. The van der Waals surface area contributed by atoms with Crippen molar-refractivity contribution in [3.8, 4) is 16.5 Å². The number of ether oxygens (including phenoxy) is 1. The van der Waals surface area contributed by atoms with Gasteiger partial charge in [-0.15, -0.1) is 11.3 Å². The number of alkyl halides is 3. The summed E-state index contributed by atoms with van der Waals surface area (Å²) in [5.41, 5.74) is 5.56. The van der Waals surface area contributed by atoms with Crippen molar-refractivity contribution in [3.63, 3.8) is 0 Å². The number of thiophene rings is 1. The highest BCUT2D eigenvalue weighted by atomic mass is 32.2. The first-order chi connectivity index (χ1) is 16.9. The van der Waals surface area contributed by atoms with E-state index in [0.29, 0.717) is 16.0 Å². The lowest BCUT2D eigenvalue weighted by molar-refractivity contribution is -0.139. The van der Waals surface area contributed by atoms with E-state index >= 15 is 0 Å². The Balaban J connectivity index is 1.73. The highest BCUT2D eigenvalue weighted by Gasteiger charge is 2.35. The molecule has 13 heteroatoms. The van der Waals surface area contributed by atoms with Gasteiger partial charge in [0.15, 0.2) is 0 Å². The van der Waals surface area contributed by atoms with E-state index in [1.807, 2.05) is 0 Å². The van der Waals surface area contributed by atoms with Crippen molar-refractivity contribution in [2.24, 2.45) is 5.73 Å². The fraction of sp³-hybridized carbons (Fsp3) is 0.217. The van der Waals surface area contributed by atoms with Crippen molar-refractivity contribution in [2.45, 2.75) is 26.1 Å². The second-order valence-electron chi connectivity index (χ2n) is 7.68. The van der Waals surface area contributed by atoms with E-state index in [4.69, 9.17) is 14.7 Å². The van der Waals surface area contributed by atoms with Crippen LogP contribution in [0.25, 0.3) is 16.0 Å². The van der Waals surface area contributed by atoms with Gasteiger partial charge in [-0.2, -0.15) is 21.6 Å². The van der Waals surface area contributed by atoms with Crippen molar-refractivity contribution >= 4 is 38.4 Å². The Morgan fingerprint density at radius 3 is 2.58 bits per heavy atom. The van der Waals surface area contributed by atoms with Gasteiger partial charge in [-0.3, -0.25) is 9.36 Å². The first kappa shape index (κ1) is 25.5. The number of hydrogen-bond donors (Lipinski definition) is 1. The number of hydrogen-bond acceptors (Lipinski definition) is 7. The van der Waals surface area contributed by atoms with E-state index in [1.165, 1.54) is 56.6 Å². The molecule has 8 nitrogen and oxygen atoms in total. The number of imidazole rings is 1. The third-order valence-electron chi connectivity index (χ3n) is 5.25. The number of benzene rings is 2. The smallest absolute Gasteiger partial charge is 0.416 e. The maximum atomic E-state index is 13.5. The largest absolute Gasteiger partial charge is 0.484 e. The van der Waals surface area contributed by atoms with E-state index in [-0.39, 0.29) is 27.7 Å². The van der Waals surface area contributed by atoms with Gasteiger partial charge in [0.2, 0.25) is 0 Å². The predicted octanol–water partition coefficient (Wildman–Crippen LogP) is 5.07. The van der Waals surface area contributed by atoms with E-state index in [9.17, 15) is 26.4 Å². The maximum absolute atomic E-state index is 13.5. The molecular formula is C23H20F3N3O5S2. The fourth-order valence-electron chi connectivity index (χ4n) is 3.52. The van der Waals surface area contributed by atoms with E-state index in [2.05, 4.69) is 4.98 Å². The summed E-state index contributed by atoms with van der Waals surface area (Å²) in [5, 5.41) is 0.424. The molecule has 2 aromatic heterocycles. The first-order valence-electron chi connectivity index (χ1n) is 10.6. The minimum Gasteiger partial charge on any atom is -0.484 e. The van der Waals surface area contributed by atoms with Gasteiger partial charge in [-0.05, 0) is 32.0 Å². The van der Waals surface area contributed by atoms with Crippen LogP contribution < -0.4 is 14.7 Å². The zero-order valence-electron chi connectivity index (χ0n) is 18.9. The van der Waals surface area contributed by atoms with Crippen LogP contribution in [-0.2, 0) is 16.3 Å². The lowest BCUT2D eigenvalue weighted by atomic mass is 10.0. The number of amides is 1. The molecule has 0 aliphatic rings. The topological polar surface area (TPSA) is 114 Å². The van der Waals surface area contributed by atoms with E-state index in [0.717, 1.165) is 17.4 Å². The molecule has 0 saturated carbocycles. The summed E-state index contributed by atoms with van der Waals surface area (Å²) in [4.78, 5) is 16.4. The molecule has 4 aromatic rings. The Labute approximate surface area is 208 Å². The Kier molecular flexibility index (Phi) is 6.71. The summed E-state index contributed by atoms with van der Waals surface area (Å²) in [6.07, 6.45) is -4.19. The lowest BCUT2D eigenvalue weighted by Gasteiger charge is -2.19. The van der Waals surface area contributed by atoms with Crippen molar-refractivity contribution in [2.75, 3.05) is 5.75 Å². The molecule has 2 N–H and O–H groups in total. The van der Waals surface area contributed by atoms with Crippen LogP contribution in [0.5, 0.6) is 11.5 Å². The minimum absolute atomic E-state index is 0.00385. The summed E-state index contributed by atoms with van der Waals surface area (Å²) in [6, 6.07) is 11.0. The van der Waals surface area contributed by atoms with E-state index in [1.54, 1.807) is 10.6 Å². The van der Waals surface area contributed by atoms with Crippen molar-refractivity contribution in [1.29, 1.82) is 0 Å². The van der Waals surface area contributed by atoms with Crippen LogP contribution in [0.4, 0.5) is 13.2 Å². The number of nitrogens with two attached hydrogens (primary N) is 1. The summed E-state index contributed by atoms with van der Waals surface area (Å²) in [6.45, 7) is 2.89. The Morgan fingerprint density at radius 2 is 1.92 bits per heavy atom. The molecule has 36 heavy (non-hydrogen) atoms. The molecule has 0 radical (unpaired) electrons. The molecule has 1 atom stereocenters. The second-order valence-corrected chi connectivity index (χ2v) is 10.6. The van der Waals surface area contributed by atoms with Gasteiger partial charge in [0.25, 0.3) is 5.91 Å².